The normalized spacial score (nSPS) is 12.0. The zero-order chi connectivity index (χ0) is 26.8. The summed E-state index contributed by atoms with van der Waals surface area (Å²) >= 11 is 17.9. The molecule has 0 heterocycles. The first-order valence-electron chi connectivity index (χ1n) is 11.9. The highest BCUT2D eigenvalue weighted by atomic mass is 35.5. The SMILES string of the molecule is CC(C)C(=O)N(CCNCC(C)C(=O)N(CCN)Cc1ccc(Cl)c(F)c1)Cc1ccc(Cl)c(Cl)c1. The third-order valence-electron chi connectivity index (χ3n) is 5.66. The van der Waals surface area contributed by atoms with E-state index in [0.717, 1.165) is 5.56 Å². The number of hydrogen-bond donors (Lipinski definition) is 2. The highest BCUT2D eigenvalue weighted by molar-refractivity contribution is 6.42. The first kappa shape index (κ1) is 30.3. The van der Waals surface area contributed by atoms with Gasteiger partial charge in [-0.3, -0.25) is 9.59 Å². The van der Waals surface area contributed by atoms with Gasteiger partial charge in [0, 0.05) is 57.6 Å². The molecule has 0 bridgehead atoms. The molecule has 2 rings (SSSR count). The van der Waals surface area contributed by atoms with Crippen LogP contribution in [0.4, 0.5) is 4.39 Å². The molecule has 0 radical (unpaired) electrons. The van der Waals surface area contributed by atoms with Crippen molar-refractivity contribution in [3.8, 4) is 0 Å². The predicted octanol–water partition coefficient (Wildman–Crippen LogP) is 4.98. The summed E-state index contributed by atoms with van der Waals surface area (Å²) in [6, 6.07) is 9.83. The average molecular weight is 560 g/mol. The Hall–Kier alpha value is -1.90. The van der Waals surface area contributed by atoms with Crippen molar-refractivity contribution in [2.45, 2.75) is 33.9 Å². The molecule has 0 spiro atoms. The molecule has 1 atom stereocenters. The van der Waals surface area contributed by atoms with Crippen LogP contribution in [0.15, 0.2) is 36.4 Å². The number of carbonyl (C=O) groups excluding carboxylic acids is 2. The number of hydrogen-bond acceptors (Lipinski definition) is 4. The number of carbonyl (C=O) groups is 2. The molecule has 198 valence electrons. The molecule has 1 unspecified atom stereocenters. The molecule has 0 fully saturated rings. The summed E-state index contributed by atoms with van der Waals surface area (Å²) in [7, 11) is 0. The van der Waals surface area contributed by atoms with Crippen LogP contribution in [0.3, 0.4) is 0 Å². The van der Waals surface area contributed by atoms with Crippen molar-refractivity contribution in [1.29, 1.82) is 0 Å². The fraction of sp³-hybridized carbons (Fsp3) is 0.462. The third kappa shape index (κ3) is 9.20. The highest BCUT2D eigenvalue weighted by Crippen LogP contribution is 2.23. The fourth-order valence-electron chi connectivity index (χ4n) is 3.70. The van der Waals surface area contributed by atoms with E-state index < -0.39 is 5.82 Å². The van der Waals surface area contributed by atoms with Gasteiger partial charge in [0.2, 0.25) is 11.8 Å². The summed E-state index contributed by atoms with van der Waals surface area (Å²) in [4.78, 5) is 29.2. The Labute approximate surface area is 227 Å². The van der Waals surface area contributed by atoms with E-state index in [1.807, 2.05) is 26.8 Å². The van der Waals surface area contributed by atoms with Gasteiger partial charge in [-0.25, -0.2) is 4.39 Å². The van der Waals surface area contributed by atoms with E-state index in [4.69, 9.17) is 40.5 Å². The second kappa shape index (κ2) is 14.7. The number of nitrogens with one attached hydrogen (secondary N) is 1. The first-order chi connectivity index (χ1) is 17.0. The Morgan fingerprint density at radius 1 is 0.889 bits per heavy atom. The van der Waals surface area contributed by atoms with Crippen LogP contribution in [0.5, 0.6) is 0 Å². The molecule has 2 aromatic carbocycles. The Bertz CT molecular complexity index is 1040. The van der Waals surface area contributed by atoms with Crippen molar-refractivity contribution in [2.75, 3.05) is 32.7 Å². The fourth-order valence-corrected chi connectivity index (χ4v) is 4.14. The van der Waals surface area contributed by atoms with Crippen molar-refractivity contribution >= 4 is 46.6 Å². The summed E-state index contributed by atoms with van der Waals surface area (Å²) in [5, 5.41) is 4.23. The van der Waals surface area contributed by atoms with Crippen molar-refractivity contribution in [3.63, 3.8) is 0 Å². The lowest BCUT2D eigenvalue weighted by molar-refractivity contribution is -0.136. The van der Waals surface area contributed by atoms with Crippen LogP contribution in [0.25, 0.3) is 0 Å². The van der Waals surface area contributed by atoms with Crippen LogP contribution < -0.4 is 11.1 Å². The summed E-state index contributed by atoms with van der Waals surface area (Å²) in [6.07, 6.45) is 0. The van der Waals surface area contributed by atoms with Crippen LogP contribution in [0, 0.1) is 17.7 Å². The molecule has 0 saturated carbocycles. The summed E-state index contributed by atoms with van der Waals surface area (Å²) < 4.78 is 13.8. The highest BCUT2D eigenvalue weighted by Gasteiger charge is 2.21. The molecule has 0 aliphatic heterocycles. The second-order valence-corrected chi connectivity index (χ2v) is 10.3. The van der Waals surface area contributed by atoms with Crippen LogP contribution >= 0.6 is 34.8 Å². The van der Waals surface area contributed by atoms with Gasteiger partial charge in [-0.1, -0.05) is 67.7 Å². The zero-order valence-electron chi connectivity index (χ0n) is 20.9. The Morgan fingerprint density at radius 3 is 2.03 bits per heavy atom. The van der Waals surface area contributed by atoms with E-state index >= 15 is 0 Å². The van der Waals surface area contributed by atoms with Crippen molar-refractivity contribution < 1.29 is 14.0 Å². The van der Waals surface area contributed by atoms with E-state index in [9.17, 15) is 14.0 Å². The number of nitrogens with zero attached hydrogens (tertiary/aromatic N) is 2. The van der Waals surface area contributed by atoms with E-state index in [2.05, 4.69) is 5.32 Å². The molecule has 0 saturated heterocycles. The van der Waals surface area contributed by atoms with Gasteiger partial charge in [0.15, 0.2) is 0 Å². The largest absolute Gasteiger partial charge is 0.337 e. The molecule has 36 heavy (non-hydrogen) atoms. The lowest BCUT2D eigenvalue weighted by atomic mass is 10.1. The van der Waals surface area contributed by atoms with E-state index in [1.54, 1.807) is 28.0 Å². The monoisotopic (exact) mass is 558 g/mol. The van der Waals surface area contributed by atoms with Gasteiger partial charge in [-0.15, -0.1) is 0 Å². The van der Waals surface area contributed by atoms with Gasteiger partial charge in [0.05, 0.1) is 15.1 Å². The number of halogens is 4. The quantitative estimate of drug-likeness (QED) is 0.339. The Morgan fingerprint density at radius 2 is 1.47 bits per heavy atom. The third-order valence-corrected chi connectivity index (χ3v) is 6.71. The predicted molar refractivity (Wildman–Crippen MR) is 145 cm³/mol. The molecule has 10 heteroatoms. The zero-order valence-corrected chi connectivity index (χ0v) is 23.1. The standard InChI is InChI=1S/C26H34Cl3FN4O2/c1-17(2)25(35)34(15-19-4-6-21(27)23(29)12-19)11-9-32-14-18(3)26(36)33(10-8-31)16-20-5-7-22(28)24(30)13-20/h4-7,12-13,17-18,32H,8-11,14-16,31H2,1-3H3. The molecular formula is C26H34Cl3FN4O2. The Kier molecular flexibility index (Phi) is 12.4. The lowest BCUT2D eigenvalue weighted by Gasteiger charge is -2.27. The number of rotatable bonds is 13. The van der Waals surface area contributed by atoms with Gasteiger partial charge in [0.25, 0.3) is 0 Å². The maximum Gasteiger partial charge on any atom is 0.227 e. The lowest BCUT2D eigenvalue weighted by Crippen LogP contribution is -2.43. The molecule has 2 amide bonds. The van der Waals surface area contributed by atoms with Gasteiger partial charge >= 0.3 is 0 Å². The minimum Gasteiger partial charge on any atom is -0.337 e. The van der Waals surface area contributed by atoms with E-state index in [1.165, 1.54) is 12.1 Å². The molecule has 2 aromatic rings. The van der Waals surface area contributed by atoms with Crippen LogP contribution in [-0.4, -0.2) is 54.3 Å². The molecule has 0 aliphatic carbocycles. The minimum absolute atomic E-state index is 0.0244. The molecule has 3 N–H and O–H groups in total. The van der Waals surface area contributed by atoms with E-state index in [-0.39, 0.29) is 35.2 Å². The minimum atomic E-state index is -0.523. The molecule has 0 aromatic heterocycles. The van der Waals surface area contributed by atoms with Crippen LogP contribution in [0.2, 0.25) is 15.1 Å². The van der Waals surface area contributed by atoms with Gasteiger partial charge in [-0.2, -0.15) is 0 Å². The maximum absolute atomic E-state index is 13.8. The average Bonchev–Trinajstić information content (AvgIpc) is 2.84. The van der Waals surface area contributed by atoms with Gasteiger partial charge in [-0.05, 0) is 35.4 Å². The van der Waals surface area contributed by atoms with Crippen molar-refractivity contribution in [2.24, 2.45) is 17.6 Å². The summed E-state index contributed by atoms with van der Waals surface area (Å²) in [5.41, 5.74) is 7.24. The number of benzene rings is 2. The molecule has 6 nitrogen and oxygen atoms in total. The van der Waals surface area contributed by atoms with Crippen molar-refractivity contribution in [3.05, 3.63) is 68.4 Å². The Balaban J connectivity index is 1.93. The number of nitrogens with two attached hydrogens (primary N) is 1. The van der Waals surface area contributed by atoms with Gasteiger partial charge < -0.3 is 20.9 Å². The number of amides is 2. The molecule has 0 aliphatic rings. The topological polar surface area (TPSA) is 78.7 Å². The van der Waals surface area contributed by atoms with Crippen LogP contribution in [0.1, 0.15) is 31.9 Å². The first-order valence-corrected chi connectivity index (χ1v) is 13.0. The van der Waals surface area contributed by atoms with Crippen molar-refractivity contribution in [1.82, 2.24) is 15.1 Å². The summed E-state index contributed by atoms with van der Waals surface area (Å²) in [6.45, 7) is 8.25. The van der Waals surface area contributed by atoms with Gasteiger partial charge in [0.1, 0.15) is 5.82 Å². The second-order valence-electron chi connectivity index (χ2n) is 9.07. The summed E-state index contributed by atoms with van der Waals surface area (Å²) in [5.74, 6) is -1.08. The van der Waals surface area contributed by atoms with Crippen LogP contribution in [-0.2, 0) is 22.7 Å². The molecular weight excluding hydrogens is 526 g/mol. The smallest absolute Gasteiger partial charge is 0.227 e. The maximum atomic E-state index is 13.8. The van der Waals surface area contributed by atoms with E-state index in [0.29, 0.717) is 54.9 Å².